The van der Waals surface area contributed by atoms with Gasteiger partial charge in [0.2, 0.25) is 0 Å². The molecule has 92 valence electrons. The summed E-state index contributed by atoms with van der Waals surface area (Å²) < 4.78 is 15.7. The molecule has 0 bridgehead atoms. The molecule has 5 nitrogen and oxygen atoms in total. The molecule has 0 rings (SSSR count). The second-order valence-electron chi connectivity index (χ2n) is 3.18. The summed E-state index contributed by atoms with van der Waals surface area (Å²) in [6.45, 7) is 4.50. The summed E-state index contributed by atoms with van der Waals surface area (Å²) >= 11 is 0. The molecule has 0 aliphatic rings. The van der Waals surface area contributed by atoms with Crippen LogP contribution in [0.4, 0.5) is 0 Å². The topological polar surface area (TPSA) is 79.7 Å². The fraction of sp³-hybridized carbons (Fsp3) is 1.00. The summed E-state index contributed by atoms with van der Waals surface area (Å²) in [7, 11) is 0. The molecule has 5 heteroatoms. The van der Waals surface area contributed by atoms with Crippen molar-refractivity contribution in [3.63, 3.8) is 0 Å². The molecule has 0 amide bonds. The summed E-state index contributed by atoms with van der Waals surface area (Å²) in [6, 6.07) is 0. The molecule has 15 heavy (non-hydrogen) atoms. The first-order chi connectivity index (χ1) is 7.41. The van der Waals surface area contributed by atoms with Crippen molar-refractivity contribution in [2.24, 2.45) is 11.5 Å². The summed E-state index contributed by atoms with van der Waals surface area (Å²) in [5, 5.41) is 0. The second-order valence-corrected chi connectivity index (χ2v) is 3.18. The Morgan fingerprint density at radius 2 is 1.07 bits per heavy atom. The van der Waals surface area contributed by atoms with Crippen LogP contribution in [-0.4, -0.2) is 46.3 Å². The highest BCUT2D eigenvalue weighted by Crippen LogP contribution is 1.88. The van der Waals surface area contributed by atoms with Crippen LogP contribution in [0.2, 0.25) is 0 Å². The van der Waals surface area contributed by atoms with Crippen LogP contribution in [0.1, 0.15) is 19.3 Å². The monoisotopic (exact) mass is 220 g/mol. The van der Waals surface area contributed by atoms with E-state index in [1.54, 1.807) is 0 Å². The molecule has 0 unspecified atom stereocenters. The minimum atomic E-state index is 0.350. The molecule has 0 saturated heterocycles. The number of hydrogen-bond acceptors (Lipinski definition) is 5. The maximum Gasteiger partial charge on any atom is 0.146 e. The van der Waals surface area contributed by atoms with E-state index in [0.717, 1.165) is 32.5 Å². The van der Waals surface area contributed by atoms with E-state index in [0.29, 0.717) is 33.1 Å². The normalized spacial score (nSPS) is 10.8. The number of ether oxygens (including phenoxy) is 3. The Balaban J connectivity index is 2.81. The van der Waals surface area contributed by atoms with E-state index in [1.165, 1.54) is 0 Å². The van der Waals surface area contributed by atoms with Gasteiger partial charge in [-0.3, -0.25) is 0 Å². The van der Waals surface area contributed by atoms with Gasteiger partial charge < -0.3 is 25.7 Å². The van der Waals surface area contributed by atoms with E-state index in [4.69, 9.17) is 25.7 Å². The average molecular weight is 220 g/mol. The molecule has 0 radical (unpaired) electrons. The first kappa shape index (κ1) is 14.8. The number of nitrogens with two attached hydrogens (primary N) is 2. The largest absolute Gasteiger partial charge is 0.381 e. The minimum Gasteiger partial charge on any atom is -0.381 e. The van der Waals surface area contributed by atoms with Crippen LogP contribution in [0, 0.1) is 0 Å². The van der Waals surface area contributed by atoms with Crippen LogP contribution in [0.5, 0.6) is 0 Å². The number of rotatable bonds is 12. The maximum atomic E-state index is 5.32. The van der Waals surface area contributed by atoms with Crippen LogP contribution in [-0.2, 0) is 14.2 Å². The Morgan fingerprint density at radius 3 is 1.67 bits per heavy atom. The Morgan fingerprint density at radius 1 is 0.600 bits per heavy atom. The molecule has 4 N–H and O–H groups in total. The van der Waals surface area contributed by atoms with Crippen molar-refractivity contribution < 1.29 is 14.2 Å². The van der Waals surface area contributed by atoms with Gasteiger partial charge in [0.1, 0.15) is 6.79 Å². The van der Waals surface area contributed by atoms with Crippen molar-refractivity contribution in [3.8, 4) is 0 Å². The van der Waals surface area contributed by atoms with E-state index >= 15 is 0 Å². The molecule has 0 aliphatic carbocycles. The zero-order valence-corrected chi connectivity index (χ0v) is 9.45. The molecule has 0 saturated carbocycles. The first-order valence-corrected chi connectivity index (χ1v) is 5.55. The maximum absolute atomic E-state index is 5.32. The molecule has 0 heterocycles. The van der Waals surface area contributed by atoms with Crippen LogP contribution in [0.25, 0.3) is 0 Å². The Bertz CT molecular complexity index is 103. The zero-order chi connectivity index (χ0) is 11.2. The average Bonchev–Trinajstić information content (AvgIpc) is 2.26. The molecule has 0 atom stereocenters. The lowest BCUT2D eigenvalue weighted by atomic mass is 10.4. The van der Waals surface area contributed by atoms with Crippen LogP contribution < -0.4 is 11.5 Å². The van der Waals surface area contributed by atoms with Gasteiger partial charge in [-0.1, -0.05) is 0 Å². The Labute approximate surface area is 92.0 Å². The first-order valence-electron chi connectivity index (χ1n) is 5.55. The molecular weight excluding hydrogens is 196 g/mol. The Kier molecular flexibility index (Phi) is 13.6. The van der Waals surface area contributed by atoms with Gasteiger partial charge in [0.15, 0.2) is 0 Å². The SMILES string of the molecule is NCCCOCCCOCOCCCN. The van der Waals surface area contributed by atoms with E-state index in [1.807, 2.05) is 0 Å². The predicted octanol–water partition coefficient (Wildman–Crippen LogP) is 0.0814. The van der Waals surface area contributed by atoms with Gasteiger partial charge >= 0.3 is 0 Å². The van der Waals surface area contributed by atoms with Crippen molar-refractivity contribution in [2.75, 3.05) is 46.3 Å². The molecule has 0 aromatic rings. The third-order valence-corrected chi connectivity index (χ3v) is 1.73. The van der Waals surface area contributed by atoms with E-state index < -0.39 is 0 Å². The molecule has 0 fully saturated rings. The van der Waals surface area contributed by atoms with Crippen molar-refractivity contribution >= 4 is 0 Å². The van der Waals surface area contributed by atoms with Crippen molar-refractivity contribution in [3.05, 3.63) is 0 Å². The van der Waals surface area contributed by atoms with Gasteiger partial charge in [0.05, 0.1) is 13.2 Å². The highest BCUT2D eigenvalue weighted by Gasteiger charge is 1.91. The Hall–Kier alpha value is -0.200. The standard InChI is InChI=1S/C10H24N2O3/c11-4-1-6-13-8-3-9-15-10-14-7-2-5-12/h1-12H2. The van der Waals surface area contributed by atoms with Gasteiger partial charge in [-0.2, -0.15) is 0 Å². The summed E-state index contributed by atoms with van der Waals surface area (Å²) in [5.74, 6) is 0. The second kappa shape index (κ2) is 13.8. The highest BCUT2D eigenvalue weighted by atomic mass is 16.7. The molecule has 0 aromatic carbocycles. The van der Waals surface area contributed by atoms with E-state index in [2.05, 4.69) is 0 Å². The summed E-state index contributed by atoms with van der Waals surface area (Å²) in [4.78, 5) is 0. The molecule has 0 spiro atoms. The summed E-state index contributed by atoms with van der Waals surface area (Å²) in [6.07, 6.45) is 2.69. The quantitative estimate of drug-likeness (QED) is 0.360. The van der Waals surface area contributed by atoms with E-state index in [-0.39, 0.29) is 0 Å². The van der Waals surface area contributed by atoms with Gasteiger partial charge in [-0.25, -0.2) is 0 Å². The van der Waals surface area contributed by atoms with Crippen molar-refractivity contribution in [1.29, 1.82) is 0 Å². The fourth-order valence-corrected chi connectivity index (χ4v) is 0.913. The lowest BCUT2D eigenvalue weighted by Crippen LogP contribution is -2.09. The lowest BCUT2D eigenvalue weighted by molar-refractivity contribution is -0.0584. The minimum absolute atomic E-state index is 0.350. The van der Waals surface area contributed by atoms with Gasteiger partial charge in [-0.15, -0.1) is 0 Å². The van der Waals surface area contributed by atoms with Crippen LogP contribution in [0.15, 0.2) is 0 Å². The molecular formula is C10H24N2O3. The third-order valence-electron chi connectivity index (χ3n) is 1.73. The van der Waals surface area contributed by atoms with Gasteiger partial charge in [-0.05, 0) is 32.4 Å². The van der Waals surface area contributed by atoms with Gasteiger partial charge in [0, 0.05) is 13.2 Å². The lowest BCUT2D eigenvalue weighted by Gasteiger charge is -2.05. The van der Waals surface area contributed by atoms with Crippen molar-refractivity contribution in [2.45, 2.75) is 19.3 Å². The fourth-order valence-electron chi connectivity index (χ4n) is 0.913. The van der Waals surface area contributed by atoms with Gasteiger partial charge in [0.25, 0.3) is 0 Å². The predicted molar refractivity (Wildman–Crippen MR) is 59.5 cm³/mol. The molecule has 0 aliphatic heterocycles. The zero-order valence-electron chi connectivity index (χ0n) is 9.45. The molecule has 0 aromatic heterocycles. The summed E-state index contributed by atoms with van der Waals surface area (Å²) in [5.41, 5.74) is 10.6. The number of hydrogen-bond donors (Lipinski definition) is 2. The van der Waals surface area contributed by atoms with Crippen LogP contribution in [0.3, 0.4) is 0 Å². The third kappa shape index (κ3) is 13.8. The van der Waals surface area contributed by atoms with Crippen molar-refractivity contribution in [1.82, 2.24) is 0 Å². The smallest absolute Gasteiger partial charge is 0.146 e. The van der Waals surface area contributed by atoms with Crippen LogP contribution >= 0.6 is 0 Å². The van der Waals surface area contributed by atoms with E-state index in [9.17, 15) is 0 Å². The highest BCUT2D eigenvalue weighted by molar-refractivity contribution is 4.38.